The fourth-order valence-electron chi connectivity index (χ4n) is 1.63. The van der Waals surface area contributed by atoms with E-state index >= 15 is 0 Å². The van der Waals surface area contributed by atoms with Crippen molar-refractivity contribution in [2.45, 2.75) is 12.8 Å². The molecule has 1 amide bonds. The van der Waals surface area contributed by atoms with Gasteiger partial charge in [0.1, 0.15) is 5.82 Å². The van der Waals surface area contributed by atoms with Gasteiger partial charge in [-0.25, -0.2) is 4.98 Å². The zero-order valence-electron chi connectivity index (χ0n) is 10.1. The molecule has 0 bridgehead atoms. The number of carbonyl (C=O) groups is 1. The Morgan fingerprint density at radius 3 is 3.00 bits per heavy atom. The summed E-state index contributed by atoms with van der Waals surface area (Å²) in [5.41, 5.74) is 0.592. The summed E-state index contributed by atoms with van der Waals surface area (Å²) in [5, 5.41) is 3.46. The Hall–Kier alpha value is -1.33. The van der Waals surface area contributed by atoms with E-state index in [1.165, 1.54) is 0 Å². The highest BCUT2D eigenvalue weighted by molar-refractivity contribution is 9.10. The lowest BCUT2D eigenvalue weighted by molar-refractivity contribution is 0.0953. The smallest absolute Gasteiger partial charge is 0.251 e. The van der Waals surface area contributed by atoms with Gasteiger partial charge in [0.2, 0.25) is 0 Å². The number of nitrogens with zero attached hydrogens (tertiary/aromatic N) is 1. The number of hydrogen-bond donors (Lipinski definition) is 2. The number of aromatic nitrogens is 2. The van der Waals surface area contributed by atoms with E-state index in [-0.39, 0.29) is 5.91 Å². The van der Waals surface area contributed by atoms with Gasteiger partial charge in [-0.05, 0) is 40.5 Å². The molecule has 1 aromatic heterocycles. The van der Waals surface area contributed by atoms with Crippen molar-refractivity contribution in [1.82, 2.24) is 15.3 Å². The number of amides is 1. The van der Waals surface area contributed by atoms with Gasteiger partial charge in [0.15, 0.2) is 0 Å². The van der Waals surface area contributed by atoms with Crippen molar-refractivity contribution in [1.29, 1.82) is 0 Å². The van der Waals surface area contributed by atoms with Gasteiger partial charge < -0.3 is 10.3 Å². The molecular formula is C13H13BrClN3O. The highest BCUT2D eigenvalue weighted by Crippen LogP contribution is 2.23. The zero-order valence-corrected chi connectivity index (χ0v) is 12.5. The lowest BCUT2D eigenvalue weighted by Gasteiger charge is -2.05. The summed E-state index contributed by atoms with van der Waals surface area (Å²) < 4.78 is 0.720. The molecule has 100 valence electrons. The number of imidazole rings is 1. The first-order valence-electron chi connectivity index (χ1n) is 5.88. The Labute approximate surface area is 124 Å². The molecule has 2 N–H and O–H groups in total. The van der Waals surface area contributed by atoms with Crippen LogP contribution in [0, 0.1) is 0 Å². The second kappa shape index (κ2) is 6.73. The lowest BCUT2D eigenvalue weighted by Crippen LogP contribution is -2.24. The molecular weight excluding hydrogens is 330 g/mol. The molecule has 0 saturated heterocycles. The lowest BCUT2D eigenvalue weighted by atomic mass is 10.2. The highest BCUT2D eigenvalue weighted by atomic mass is 79.9. The van der Waals surface area contributed by atoms with Crippen molar-refractivity contribution in [3.8, 4) is 0 Å². The van der Waals surface area contributed by atoms with Crippen LogP contribution in [0.5, 0.6) is 0 Å². The molecule has 0 radical (unpaired) electrons. The fraction of sp³-hybridized carbons (Fsp3) is 0.231. The number of hydrogen-bond acceptors (Lipinski definition) is 2. The third-order valence-electron chi connectivity index (χ3n) is 2.61. The zero-order chi connectivity index (χ0) is 13.7. The second-order valence-corrected chi connectivity index (χ2v) is 5.29. The van der Waals surface area contributed by atoms with Crippen LogP contribution < -0.4 is 5.32 Å². The van der Waals surface area contributed by atoms with Crippen molar-refractivity contribution in [2.75, 3.05) is 6.54 Å². The minimum absolute atomic E-state index is 0.100. The van der Waals surface area contributed by atoms with Gasteiger partial charge in [-0.2, -0.15) is 0 Å². The first-order valence-corrected chi connectivity index (χ1v) is 7.05. The van der Waals surface area contributed by atoms with Crippen LogP contribution in [0.25, 0.3) is 0 Å². The van der Waals surface area contributed by atoms with Gasteiger partial charge in [0.05, 0.1) is 5.02 Å². The van der Waals surface area contributed by atoms with Crippen LogP contribution in [-0.4, -0.2) is 22.4 Å². The molecule has 6 heteroatoms. The van der Waals surface area contributed by atoms with Crippen molar-refractivity contribution < 1.29 is 4.79 Å². The van der Waals surface area contributed by atoms with E-state index in [0.717, 1.165) is 23.1 Å². The van der Waals surface area contributed by atoms with Crippen LogP contribution in [0.15, 0.2) is 35.1 Å². The maximum absolute atomic E-state index is 11.9. The standard InChI is InChI=1S/C13H13BrClN3O/c14-10-8-9(3-4-11(10)15)13(19)18-5-1-2-12-16-6-7-17-12/h3-4,6-8H,1-2,5H2,(H,16,17)(H,18,19). The van der Waals surface area contributed by atoms with Crippen molar-refractivity contribution in [2.24, 2.45) is 0 Å². The molecule has 1 aromatic carbocycles. The van der Waals surface area contributed by atoms with Crippen LogP contribution in [0.4, 0.5) is 0 Å². The average molecular weight is 343 g/mol. The number of rotatable bonds is 5. The average Bonchev–Trinajstić information content (AvgIpc) is 2.91. The number of aromatic amines is 1. The SMILES string of the molecule is O=C(NCCCc1ncc[nH]1)c1ccc(Cl)c(Br)c1. The molecule has 0 spiro atoms. The molecule has 0 fully saturated rings. The number of benzene rings is 1. The van der Waals surface area contributed by atoms with Crippen LogP contribution >= 0.6 is 27.5 Å². The number of H-pyrrole nitrogens is 1. The van der Waals surface area contributed by atoms with Gasteiger partial charge >= 0.3 is 0 Å². The topological polar surface area (TPSA) is 57.8 Å². The van der Waals surface area contributed by atoms with Crippen molar-refractivity contribution >= 4 is 33.4 Å². The minimum Gasteiger partial charge on any atom is -0.352 e. The highest BCUT2D eigenvalue weighted by Gasteiger charge is 2.07. The maximum Gasteiger partial charge on any atom is 0.251 e. The van der Waals surface area contributed by atoms with Crippen LogP contribution in [0.1, 0.15) is 22.6 Å². The number of halogens is 2. The van der Waals surface area contributed by atoms with E-state index in [4.69, 9.17) is 11.6 Å². The Morgan fingerprint density at radius 2 is 2.32 bits per heavy atom. The molecule has 4 nitrogen and oxygen atoms in total. The number of nitrogens with one attached hydrogen (secondary N) is 2. The van der Waals surface area contributed by atoms with Gasteiger partial charge in [-0.3, -0.25) is 4.79 Å². The van der Waals surface area contributed by atoms with Crippen LogP contribution in [-0.2, 0) is 6.42 Å². The second-order valence-electron chi connectivity index (χ2n) is 4.02. The van der Waals surface area contributed by atoms with Gasteiger partial charge in [0, 0.05) is 35.4 Å². The fourth-order valence-corrected chi connectivity index (χ4v) is 2.13. The van der Waals surface area contributed by atoms with E-state index in [9.17, 15) is 4.79 Å². The van der Waals surface area contributed by atoms with Crippen molar-refractivity contribution in [3.63, 3.8) is 0 Å². The summed E-state index contributed by atoms with van der Waals surface area (Å²) >= 11 is 9.18. The Kier molecular flexibility index (Phi) is 4.99. The first kappa shape index (κ1) is 14.1. The predicted octanol–water partition coefficient (Wildman–Crippen LogP) is 3.19. The molecule has 19 heavy (non-hydrogen) atoms. The summed E-state index contributed by atoms with van der Waals surface area (Å²) in [4.78, 5) is 19.0. The van der Waals surface area contributed by atoms with E-state index in [0.29, 0.717) is 17.1 Å². The van der Waals surface area contributed by atoms with E-state index in [1.807, 2.05) is 0 Å². The summed E-state index contributed by atoms with van der Waals surface area (Å²) in [6.07, 6.45) is 5.17. The minimum atomic E-state index is -0.100. The van der Waals surface area contributed by atoms with Crippen LogP contribution in [0.2, 0.25) is 5.02 Å². The van der Waals surface area contributed by atoms with Gasteiger partial charge in [0.25, 0.3) is 5.91 Å². The molecule has 0 aliphatic carbocycles. The molecule has 2 rings (SSSR count). The number of aryl methyl sites for hydroxylation is 1. The Balaban J connectivity index is 1.79. The van der Waals surface area contributed by atoms with E-state index < -0.39 is 0 Å². The van der Waals surface area contributed by atoms with Crippen LogP contribution in [0.3, 0.4) is 0 Å². The molecule has 0 aliphatic rings. The summed E-state index contributed by atoms with van der Waals surface area (Å²) in [6, 6.07) is 5.11. The molecule has 0 saturated carbocycles. The summed E-state index contributed by atoms with van der Waals surface area (Å²) in [5.74, 6) is 0.834. The predicted molar refractivity (Wildman–Crippen MR) is 78.4 cm³/mol. The largest absolute Gasteiger partial charge is 0.352 e. The third-order valence-corrected chi connectivity index (χ3v) is 3.83. The number of carbonyl (C=O) groups excluding carboxylic acids is 1. The van der Waals surface area contributed by atoms with Gasteiger partial charge in [-0.1, -0.05) is 11.6 Å². The quantitative estimate of drug-likeness (QED) is 0.820. The normalized spacial score (nSPS) is 10.4. The monoisotopic (exact) mass is 341 g/mol. The molecule has 0 atom stereocenters. The Morgan fingerprint density at radius 1 is 1.47 bits per heavy atom. The van der Waals surface area contributed by atoms with E-state index in [2.05, 4.69) is 31.2 Å². The first-order chi connectivity index (χ1) is 9.16. The van der Waals surface area contributed by atoms with E-state index in [1.54, 1.807) is 30.6 Å². The third kappa shape index (κ3) is 4.08. The molecule has 2 aromatic rings. The van der Waals surface area contributed by atoms with Crippen molar-refractivity contribution in [3.05, 3.63) is 51.5 Å². The molecule has 0 unspecified atom stereocenters. The maximum atomic E-state index is 11.9. The Bertz CT molecular complexity index is 557. The summed E-state index contributed by atoms with van der Waals surface area (Å²) in [6.45, 7) is 0.611. The molecule has 1 heterocycles. The van der Waals surface area contributed by atoms with Gasteiger partial charge in [-0.15, -0.1) is 0 Å². The summed E-state index contributed by atoms with van der Waals surface area (Å²) in [7, 11) is 0. The molecule has 0 aliphatic heterocycles.